The Morgan fingerprint density at radius 2 is 1.22 bits per heavy atom. The van der Waals surface area contributed by atoms with E-state index in [1.807, 2.05) is 54.6 Å². The van der Waals surface area contributed by atoms with E-state index >= 15 is 0 Å². The fraction of sp³-hybridized carbons (Fsp3) is 0.385. The van der Waals surface area contributed by atoms with Crippen LogP contribution in [0.25, 0.3) is 10.8 Å². The second-order valence-corrected chi connectivity index (χ2v) is 7.49. The number of aliphatic hydroxyl groups is 1. The Morgan fingerprint density at radius 1 is 0.594 bits per heavy atom. The lowest BCUT2D eigenvalue weighted by atomic mass is 10.1. The lowest BCUT2D eigenvalue weighted by Crippen LogP contribution is -2.05. The highest BCUT2D eigenvalue weighted by atomic mass is 16.5. The van der Waals surface area contributed by atoms with Gasteiger partial charge in [-0.15, -0.1) is 0 Å². The molecule has 172 valence electrons. The zero-order chi connectivity index (χ0) is 22.6. The Kier molecular flexibility index (Phi) is 9.62. The molecule has 0 aliphatic carbocycles. The third kappa shape index (κ3) is 7.41. The van der Waals surface area contributed by atoms with Gasteiger partial charge in [-0.1, -0.05) is 18.2 Å². The first-order chi connectivity index (χ1) is 15.7. The van der Waals surface area contributed by atoms with Crippen LogP contribution in [-0.4, -0.2) is 45.8 Å². The Bertz CT molecular complexity index is 941. The monoisotopic (exact) mass is 440 g/mol. The van der Waals surface area contributed by atoms with Crippen molar-refractivity contribution in [3.63, 3.8) is 0 Å². The average molecular weight is 441 g/mol. The van der Waals surface area contributed by atoms with Crippen molar-refractivity contribution in [3.05, 3.63) is 65.7 Å². The number of benzene rings is 3. The lowest BCUT2D eigenvalue weighted by Gasteiger charge is -2.13. The number of rotatable bonds is 14. The van der Waals surface area contributed by atoms with E-state index in [1.165, 1.54) is 0 Å². The number of fused-ring (bicyclic) bond motifs is 1. The van der Waals surface area contributed by atoms with Crippen LogP contribution in [0, 0.1) is 0 Å². The van der Waals surface area contributed by atoms with E-state index in [2.05, 4.69) is 0 Å². The fourth-order valence-electron chi connectivity index (χ4n) is 3.30. The number of ether oxygens (including phenoxy) is 5. The Hall–Kier alpha value is -2.80. The highest BCUT2D eigenvalue weighted by Crippen LogP contribution is 2.26. The van der Waals surface area contributed by atoms with E-state index in [9.17, 15) is 5.11 Å². The predicted molar refractivity (Wildman–Crippen MR) is 125 cm³/mol. The molecule has 0 heterocycles. The standard InChI is InChI=1S/C26H32O6/c1-28-9-3-11-30-25-14-21(15-26(17-25)31-12-4-10-29-2)19-32-24-8-7-22-13-20(18-27)5-6-23(22)16-24/h5-8,13-17,27H,3-4,9-12,18-19H2,1-2H3. The summed E-state index contributed by atoms with van der Waals surface area (Å²) in [6.45, 7) is 2.89. The van der Waals surface area contributed by atoms with Gasteiger partial charge in [-0.05, 0) is 52.2 Å². The molecule has 0 saturated heterocycles. The summed E-state index contributed by atoms with van der Waals surface area (Å²) in [7, 11) is 3.37. The first-order valence-electron chi connectivity index (χ1n) is 10.9. The fourth-order valence-corrected chi connectivity index (χ4v) is 3.30. The van der Waals surface area contributed by atoms with Gasteiger partial charge in [-0.3, -0.25) is 0 Å². The molecule has 6 heteroatoms. The molecule has 0 bridgehead atoms. The van der Waals surface area contributed by atoms with Crippen molar-refractivity contribution in [3.8, 4) is 17.2 Å². The SMILES string of the molecule is COCCCOc1cc(COc2ccc3cc(CO)ccc3c2)cc(OCCCOC)c1. The van der Waals surface area contributed by atoms with Crippen LogP contribution >= 0.6 is 0 Å². The van der Waals surface area contributed by atoms with E-state index in [0.29, 0.717) is 33.0 Å². The molecule has 0 unspecified atom stereocenters. The molecule has 3 aromatic rings. The number of hydrogen-bond donors (Lipinski definition) is 1. The van der Waals surface area contributed by atoms with Gasteiger partial charge in [0.15, 0.2) is 0 Å². The first kappa shape index (κ1) is 23.9. The van der Waals surface area contributed by atoms with Crippen molar-refractivity contribution in [1.29, 1.82) is 0 Å². The minimum Gasteiger partial charge on any atom is -0.493 e. The van der Waals surface area contributed by atoms with Gasteiger partial charge in [0.25, 0.3) is 0 Å². The molecule has 0 fully saturated rings. The molecule has 3 aromatic carbocycles. The molecule has 0 aliphatic rings. The van der Waals surface area contributed by atoms with Gasteiger partial charge in [0.2, 0.25) is 0 Å². The number of aliphatic hydroxyl groups excluding tert-OH is 1. The van der Waals surface area contributed by atoms with Gasteiger partial charge in [0.05, 0.1) is 19.8 Å². The van der Waals surface area contributed by atoms with Crippen LogP contribution in [0.4, 0.5) is 0 Å². The first-order valence-corrected chi connectivity index (χ1v) is 10.9. The maximum Gasteiger partial charge on any atom is 0.123 e. The van der Waals surface area contributed by atoms with E-state index in [-0.39, 0.29) is 6.61 Å². The maximum absolute atomic E-state index is 9.31. The molecule has 0 radical (unpaired) electrons. The van der Waals surface area contributed by atoms with Crippen LogP contribution in [0.15, 0.2) is 54.6 Å². The molecule has 0 aliphatic heterocycles. The smallest absolute Gasteiger partial charge is 0.123 e. The summed E-state index contributed by atoms with van der Waals surface area (Å²) in [6.07, 6.45) is 1.63. The van der Waals surface area contributed by atoms with Crippen LogP contribution in [-0.2, 0) is 22.7 Å². The number of methoxy groups -OCH3 is 2. The van der Waals surface area contributed by atoms with Gasteiger partial charge < -0.3 is 28.8 Å². The summed E-state index contributed by atoms with van der Waals surface area (Å²) < 4.78 is 28.0. The minimum atomic E-state index is 0.0357. The van der Waals surface area contributed by atoms with E-state index in [0.717, 1.165) is 52.0 Å². The molecule has 0 spiro atoms. The second kappa shape index (κ2) is 12.9. The molecular weight excluding hydrogens is 408 g/mol. The summed E-state index contributed by atoms with van der Waals surface area (Å²) >= 11 is 0. The van der Waals surface area contributed by atoms with Crippen molar-refractivity contribution < 1.29 is 28.8 Å². The van der Waals surface area contributed by atoms with Crippen LogP contribution in [0.3, 0.4) is 0 Å². The molecule has 1 N–H and O–H groups in total. The third-order valence-corrected chi connectivity index (χ3v) is 4.93. The lowest BCUT2D eigenvalue weighted by molar-refractivity contribution is 0.169. The normalized spacial score (nSPS) is 11.0. The highest BCUT2D eigenvalue weighted by molar-refractivity contribution is 5.84. The molecule has 0 saturated carbocycles. The van der Waals surface area contributed by atoms with Crippen molar-refractivity contribution in [2.75, 3.05) is 40.6 Å². The molecule has 0 amide bonds. The molecular formula is C26H32O6. The van der Waals surface area contributed by atoms with Crippen molar-refractivity contribution >= 4 is 10.8 Å². The van der Waals surface area contributed by atoms with Crippen molar-refractivity contribution in [2.45, 2.75) is 26.1 Å². The molecule has 0 atom stereocenters. The van der Waals surface area contributed by atoms with Crippen LogP contribution in [0.2, 0.25) is 0 Å². The zero-order valence-corrected chi connectivity index (χ0v) is 18.8. The molecule has 3 rings (SSSR count). The predicted octanol–water partition coefficient (Wildman–Crippen LogP) is 4.74. The summed E-state index contributed by atoms with van der Waals surface area (Å²) in [5.74, 6) is 2.28. The van der Waals surface area contributed by atoms with E-state index < -0.39 is 0 Å². The van der Waals surface area contributed by atoms with Gasteiger partial charge in [0, 0.05) is 46.3 Å². The number of hydrogen-bond acceptors (Lipinski definition) is 6. The Morgan fingerprint density at radius 3 is 1.84 bits per heavy atom. The van der Waals surface area contributed by atoms with Gasteiger partial charge in [-0.25, -0.2) is 0 Å². The largest absolute Gasteiger partial charge is 0.493 e. The summed E-state index contributed by atoms with van der Waals surface area (Å²) in [4.78, 5) is 0. The van der Waals surface area contributed by atoms with Crippen LogP contribution in [0.1, 0.15) is 24.0 Å². The van der Waals surface area contributed by atoms with Crippen molar-refractivity contribution in [1.82, 2.24) is 0 Å². The summed E-state index contributed by atoms with van der Waals surface area (Å²) in [6, 6.07) is 17.7. The third-order valence-electron chi connectivity index (χ3n) is 4.93. The van der Waals surface area contributed by atoms with Gasteiger partial charge in [0.1, 0.15) is 23.9 Å². The molecule has 32 heavy (non-hydrogen) atoms. The van der Waals surface area contributed by atoms with E-state index in [1.54, 1.807) is 14.2 Å². The van der Waals surface area contributed by atoms with E-state index in [4.69, 9.17) is 23.7 Å². The minimum absolute atomic E-state index is 0.0357. The van der Waals surface area contributed by atoms with Crippen molar-refractivity contribution in [2.24, 2.45) is 0 Å². The zero-order valence-electron chi connectivity index (χ0n) is 18.8. The van der Waals surface area contributed by atoms with Gasteiger partial charge in [-0.2, -0.15) is 0 Å². The molecule has 0 aromatic heterocycles. The topological polar surface area (TPSA) is 66.4 Å². The quantitative estimate of drug-likeness (QED) is 0.365. The molecule has 6 nitrogen and oxygen atoms in total. The average Bonchev–Trinajstić information content (AvgIpc) is 2.83. The van der Waals surface area contributed by atoms with Crippen LogP contribution < -0.4 is 14.2 Å². The summed E-state index contributed by atoms with van der Waals surface area (Å²) in [5, 5.41) is 11.4. The maximum atomic E-state index is 9.31. The summed E-state index contributed by atoms with van der Waals surface area (Å²) in [5.41, 5.74) is 1.86. The highest BCUT2D eigenvalue weighted by Gasteiger charge is 2.06. The Balaban J connectivity index is 1.67. The Labute approximate surface area is 189 Å². The van der Waals surface area contributed by atoms with Crippen LogP contribution in [0.5, 0.6) is 17.2 Å². The van der Waals surface area contributed by atoms with Gasteiger partial charge >= 0.3 is 0 Å². The second-order valence-electron chi connectivity index (χ2n) is 7.49.